The first-order chi connectivity index (χ1) is 8.40. The largest absolute Gasteiger partial charge is 0.481 e. The number of aryl methyl sites for hydroxylation is 2. The molecule has 1 aliphatic carbocycles. The third-order valence-corrected chi connectivity index (χ3v) is 4.33. The third-order valence-electron chi connectivity index (χ3n) is 3.35. The molecule has 0 spiro atoms. The molecule has 0 aromatic carbocycles. The Morgan fingerprint density at radius 2 is 2.11 bits per heavy atom. The van der Waals surface area contributed by atoms with Gasteiger partial charge in [-0.1, -0.05) is 0 Å². The lowest BCUT2D eigenvalue weighted by Crippen LogP contribution is -2.29. The van der Waals surface area contributed by atoms with Gasteiger partial charge in [0.25, 0.3) is 0 Å². The minimum atomic E-state index is -0.870. The van der Waals surface area contributed by atoms with E-state index in [4.69, 9.17) is 5.11 Å². The van der Waals surface area contributed by atoms with Gasteiger partial charge in [-0.2, -0.15) is 0 Å². The zero-order chi connectivity index (χ0) is 13.4. The predicted octanol–water partition coefficient (Wildman–Crippen LogP) is 2.26. The van der Waals surface area contributed by atoms with E-state index in [1.807, 2.05) is 20.8 Å². The zero-order valence-electron chi connectivity index (χ0n) is 10.7. The monoisotopic (exact) mass is 267 g/mol. The summed E-state index contributed by atoms with van der Waals surface area (Å²) in [6.45, 7) is 6.01. The predicted molar refractivity (Wildman–Crippen MR) is 69.6 cm³/mol. The second-order valence-electron chi connectivity index (χ2n) is 4.89. The molecule has 0 aliphatic heterocycles. The third kappa shape index (κ3) is 2.56. The number of hydrogen-bond acceptors (Lipinski definition) is 3. The van der Waals surface area contributed by atoms with Crippen LogP contribution in [0.3, 0.4) is 0 Å². The number of carboxylic acids is 1. The van der Waals surface area contributed by atoms with Crippen molar-refractivity contribution in [1.82, 2.24) is 5.32 Å². The Hall–Kier alpha value is -1.36. The van der Waals surface area contributed by atoms with Gasteiger partial charge < -0.3 is 10.4 Å². The number of rotatable bonds is 4. The molecule has 0 unspecified atom stereocenters. The van der Waals surface area contributed by atoms with E-state index in [9.17, 15) is 9.59 Å². The maximum absolute atomic E-state index is 11.9. The summed E-state index contributed by atoms with van der Waals surface area (Å²) >= 11 is 1.71. The molecule has 0 bridgehead atoms. The van der Waals surface area contributed by atoms with Crippen molar-refractivity contribution in [1.29, 1.82) is 0 Å². The molecule has 0 radical (unpaired) electrons. The number of amides is 1. The molecule has 1 aromatic heterocycles. The minimum absolute atomic E-state index is 0.0579. The quantitative estimate of drug-likeness (QED) is 0.879. The molecule has 2 N–H and O–H groups in total. The normalized spacial score (nSPS) is 23.5. The van der Waals surface area contributed by atoms with E-state index < -0.39 is 11.9 Å². The van der Waals surface area contributed by atoms with Crippen LogP contribution < -0.4 is 5.32 Å². The van der Waals surface area contributed by atoms with Crippen molar-refractivity contribution in [3.05, 3.63) is 21.4 Å². The lowest BCUT2D eigenvalue weighted by Gasteiger charge is -2.13. The lowest BCUT2D eigenvalue weighted by molar-refractivity contribution is -0.140. The maximum Gasteiger partial charge on any atom is 0.307 e. The summed E-state index contributed by atoms with van der Waals surface area (Å²) in [7, 11) is 0. The fourth-order valence-electron chi connectivity index (χ4n) is 2.24. The van der Waals surface area contributed by atoms with Crippen molar-refractivity contribution < 1.29 is 14.7 Å². The number of carboxylic acid groups (broad SMARTS) is 1. The van der Waals surface area contributed by atoms with Crippen molar-refractivity contribution in [3.8, 4) is 0 Å². The first kappa shape index (κ1) is 13.1. The molecule has 5 heteroatoms. The molecule has 1 amide bonds. The Kier molecular flexibility index (Phi) is 3.43. The smallest absolute Gasteiger partial charge is 0.307 e. The Balaban J connectivity index is 1.96. The van der Waals surface area contributed by atoms with Crippen LogP contribution in [0, 0.1) is 25.7 Å². The van der Waals surface area contributed by atoms with E-state index in [2.05, 4.69) is 11.4 Å². The highest BCUT2D eigenvalue weighted by Gasteiger charge is 2.48. The second-order valence-corrected chi connectivity index (χ2v) is 6.35. The molecule has 1 fully saturated rings. The number of hydrogen-bond donors (Lipinski definition) is 2. The topological polar surface area (TPSA) is 66.4 Å². The first-order valence-corrected chi connectivity index (χ1v) is 6.82. The molecular weight excluding hydrogens is 250 g/mol. The number of carbonyl (C=O) groups is 2. The first-order valence-electron chi connectivity index (χ1n) is 6.00. The van der Waals surface area contributed by atoms with Gasteiger partial charge in [-0.05, 0) is 38.8 Å². The molecule has 0 saturated heterocycles. The van der Waals surface area contributed by atoms with E-state index >= 15 is 0 Å². The molecule has 1 saturated carbocycles. The Labute approximate surface area is 110 Å². The highest BCUT2D eigenvalue weighted by Crippen LogP contribution is 2.39. The molecule has 1 heterocycles. The van der Waals surface area contributed by atoms with Gasteiger partial charge in [-0.15, -0.1) is 11.3 Å². The van der Waals surface area contributed by atoms with Gasteiger partial charge in [0.1, 0.15) is 0 Å². The number of nitrogens with one attached hydrogen (secondary N) is 1. The van der Waals surface area contributed by atoms with Crippen molar-refractivity contribution in [2.75, 3.05) is 0 Å². The van der Waals surface area contributed by atoms with Crippen LogP contribution in [-0.4, -0.2) is 17.0 Å². The van der Waals surface area contributed by atoms with Gasteiger partial charge in [0.15, 0.2) is 0 Å². The number of thiophene rings is 1. The summed E-state index contributed by atoms with van der Waals surface area (Å²) < 4.78 is 0. The van der Waals surface area contributed by atoms with Crippen LogP contribution >= 0.6 is 11.3 Å². The standard InChI is InChI=1S/C13H17NO3S/c1-6-4-9(8(3)18-6)7(2)14-12(15)10-5-11(10)13(16)17/h4,7,10-11H,5H2,1-3H3,(H,14,15)(H,16,17)/t7-,10-,11-/m0/s1. The highest BCUT2D eigenvalue weighted by molar-refractivity contribution is 7.12. The van der Waals surface area contributed by atoms with E-state index in [1.54, 1.807) is 11.3 Å². The Morgan fingerprint density at radius 3 is 2.56 bits per heavy atom. The van der Waals surface area contributed by atoms with Gasteiger partial charge in [-0.25, -0.2) is 0 Å². The summed E-state index contributed by atoms with van der Waals surface area (Å²) in [6.07, 6.45) is 0.468. The Morgan fingerprint density at radius 1 is 1.44 bits per heavy atom. The summed E-state index contributed by atoms with van der Waals surface area (Å²) in [6, 6.07) is 2.02. The van der Waals surface area contributed by atoms with Gasteiger partial charge >= 0.3 is 5.97 Å². The SMILES string of the molecule is Cc1cc([C@H](C)NC(=O)[C@H]2C[C@@H]2C(=O)O)c(C)s1. The summed E-state index contributed by atoms with van der Waals surface area (Å²) in [4.78, 5) is 25.0. The minimum Gasteiger partial charge on any atom is -0.481 e. The second kappa shape index (κ2) is 4.72. The summed E-state index contributed by atoms with van der Waals surface area (Å²) in [5.41, 5.74) is 1.12. The van der Waals surface area contributed by atoms with Gasteiger partial charge in [0, 0.05) is 9.75 Å². The molecule has 18 heavy (non-hydrogen) atoms. The maximum atomic E-state index is 11.9. The van der Waals surface area contributed by atoms with Crippen LogP contribution in [0.1, 0.15) is 34.7 Å². The van der Waals surface area contributed by atoms with Crippen LogP contribution in [0.15, 0.2) is 6.07 Å². The fraction of sp³-hybridized carbons (Fsp3) is 0.538. The van der Waals surface area contributed by atoms with E-state index in [1.165, 1.54) is 9.75 Å². The van der Waals surface area contributed by atoms with E-state index in [-0.39, 0.29) is 17.9 Å². The average Bonchev–Trinajstić information content (AvgIpc) is 2.99. The summed E-state index contributed by atoms with van der Waals surface area (Å²) in [5, 5.41) is 11.7. The van der Waals surface area contributed by atoms with Crippen LogP contribution in [0.25, 0.3) is 0 Å². The van der Waals surface area contributed by atoms with Crippen molar-refractivity contribution >= 4 is 23.2 Å². The Bertz CT molecular complexity index is 494. The average molecular weight is 267 g/mol. The number of aliphatic carboxylic acids is 1. The highest BCUT2D eigenvalue weighted by atomic mass is 32.1. The molecular formula is C13H17NO3S. The van der Waals surface area contributed by atoms with Crippen LogP contribution in [0.2, 0.25) is 0 Å². The van der Waals surface area contributed by atoms with Crippen LogP contribution in [0.4, 0.5) is 0 Å². The molecule has 4 nitrogen and oxygen atoms in total. The van der Waals surface area contributed by atoms with Gasteiger partial charge in [0.2, 0.25) is 5.91 Å². The molecule has 3 atom stereocenters. The molecule has 1 aromatic rings. The number of carbonyl (C=O) groups excluding carboxylic acids is 1. The lowest BCUT2D eigenvalue weighted by atomic mass is 10.1. The van der Waals surface area contributed by atoms with Crippen molar-refractivity contribution in [2.24, 2.45) is 11.8 Å². The van der Waals surface area contributed by atoms with Crippen molar-refractivity contribution in [3.63, 3.8) is 0 Å². The van der Waals surface area contributed by atoms with Crippen LogP contribution in [0.5, 0.6) is 0 Å². The molecule has 98 valence electrons. The summed E-state index contributed by atoms with van der Waals surface area (Å²) in [5.74, 6) is -1.84. The van der Waals surface area contributed by atoms with Gasteiger partial charge in [0.05, 0.1) is 17.9 Å². The van der Waals surface area contributed by atoms with Crippen LogP contribution in [-0.2, 0) is 9.59 Å². The van der Waals surface area contributed by atoms with Crippen molar-refractivity contribution in [2.45, 2.75) is 33.2 Å². The van der Waals surface area contributed by atoms with E-state index in [0.717, 1.165) is 5.56 Å². The zero-order valence-corrected chi connectivity index (χ0v) is 11.5. The fourth-order valence-corrected chi connectivity index (χ4v) is 3.26. The van der Waals surface area contributed by atoms with Gasteiger partial charge in [-0.3, -0.25) is 9.59 Å². The molecule has 1 aliphatic rings. The van der Waals surface area contributed by atoms with E-state index in [0.29, 0.717) is 6.42 Å². The molecule has 2 rings (SSSR count).